The van der Waals surface area contributed by atoms with Crippen LogP contribution >= 0.6 is 11.3 Å². The molecule has 0 saturated carbocycles. The van der Waals surface area contributed by atoms with E-state index in [9.17, 15) is 32.3 Å². The van der Waals surface area contributed by atoms with E-state index in [0.717, 1.165) is 16.7 Å². The number of esters is 1. The number of aromatic nitrogens is 2. The number of hydrogen-bond acceptors (Lipinski definition) is 8. The number of likely N-dealkylation sites (N-methyl/N-ethyl adjacent to an activating group) is 1. The largest absolute Gasteiger partial charge is 0.494 e. The average molecular weight is 617 g/mol. The summed E-state index contributed by atoms with van der Waals surface area (Å²) in [7, 11) is 1.39. The lowest BCUT2D eigenvalue weighted by molar-refractivity contribution is -0.200. The standard InChI is InChI=1S/C29H27F3N4O6S/c1-3-35(21(37)16-42-28(40)29(30,31)32)18-11-13-34(15-18)27(39)25-23(41-2)22-24(43-25)19-9-4-5-10-20(19)36(26(22)38)14-17-8-6-7-12-33-17/h4-10,12,18H,3,11,13-16H2,1-2H3. The number of fused-ring (bicyclic) bond motifs is 3. The zero-order valence-electron chi connectivity index (χ0n) is 23.2. The summed E-state index contributed by atoms with van der Waals surface area (Å²) in [5, 5.41) is 1.05. The van der Waals surface area contributed by atoms with Gasteiger partial charge in [0.1, 0.15) is 10.3 Å². The molecular weight excluding hydrogens is 589 g/mol. The lowest BCUT2D eigenvalue weighted by atomic mass is 10.1. The van der Waals surface area contributed by atoms with Gasteiger partial charge in [0.05, 0.1) is 35.6 Å². The first-order valence-corrected chi connectivity index (χ1v) is 14.2. The van der Waals surface area contributed by atoms with Crippen molar-refractivity contribution in [2.75, 3.05) is 33.4 Å². The van der Waals surface area contributed by atoms with Crippen LogP contribution in [0.25, 0.3) is 21.0 Å². The molecule has 4 heterocycles. The molecule has 1 aliphatic heterocycles. The molecule has 4 aromatic rings. The first kappa shape index (κ1) is 30.0. The third-order valence-corrected chi connectivity index (χ3v) is 8.51. The maximum absolute atomic E-state index is 13.9. The topological polar surface area (TPSA) is 111 Å². The smallest absolute Gasteiger partial charge is 0.490 e. The van der Waals surface area contributed by atoms with E-state index in [1.807, 2.05) is 36.4 Å². The quantitative estimate of drug-likeness (QED) is 0.277. The van der Waals surface area contributed by atoms with Crippen LogP contribution in [0.4, 0.5) is 13.2 Å². The molecule has 226 valence electrons. The predicted molar refractivity (Wildman–Crippen MR) is 152 cm³/mol. The van der Waals surface area contributed by atoms with E-state index in [1.165, 1.54) is 16.9 Å². The summed E-state index contributed by atoms with van der Waals surface area (Å²) in [5.74, 6) is -3.48. The fourth-order valence-corrected chi connectivity index (χ4v) is 6.61. The van der Waals surface area contributed by atoms with Crippen LogP contribution in [0.5, 0.6) is 5.75 Å². The average Bonchev–Trinajstić information content (AvgIpc) is 3.64. The Morgan fingerprint density at radius 2 is 1.88 bits per heavy atom. The number of para-hydroxylation sites is 1. The van der Waals surface area contributed by atoms with Crippen LogP contribution in [0.1, 0.15) is 28.7 Å². The fourth-order valence-electron chi connectivity index (χ4n) is 5.35. The van der Waals surface area contributed by atoms with E-state index in [0.29, 0.717) is 22.3 Å². The van der Waals surface area contributed by atoms with E-state index >= 15 is 0 Å². The van der Waals surface area contributed by atoms with E-state index in [-0.39, 0.29) is 47.8 Å². The normalized spacial score (nSPS) is 15.2. The summed E-state index contributed by atoms with van der Waals surface area (Å²) in [6.45, 7) is 1.31. The minimum Gasteiger partial charge on any atom is -0.494 e. The van der Waals surface area contributed by atoms with Crippen molar-refractivity contribution in [2.24, 2.45) is 0 Å². The molecule has 1 aliphatic rings. The number of likely N-dealkylation sites (tertiary alicyclic amines) is 1. The number of carbonyl (C=O) groups excluding carboxylic acids is 3. The molecule has 10 nitrogen and oxygen atoms in total. The Bertz CT molecular complexity index is 1750. The molecule has 0 bridgehead atoms. The van der Waals surface area contributed by atoms with Gasteiger partial charge in [0.2, 0.25) is 0 Å². The molecule has 1 unspecified atom stereocenters. The van der Waals surface area contributed by atoms with Crippen molar-refractivity contribution in [1.29, 1.82) is 0 Å². The van der Waals surface area contributed by atoms with Crippen molar-refractivity contribution < 1.29 is 37.0 Å². The molecule has 0 radical (unpaired) electrons. The molecule has 1 atom stereocenters. The van der Waals surface area contributed by atoms with Gasteiger partial charge in [0, 0.05) is 31.2 Å². The molecule has 1 saturated heterocycles. The number of halogens is 3. The molecule has 5 rings (SSSR count). The third kappa shape index (κ3) is 5.78. The van der Waals surface area contributed by atoms with Gasteiger partial charge in [-0.05, 0) is 31.5 Å². The fraction of sp³-hybridized carbons (Fsp3) is 0.345. The summed E-state index contributed by atoms with van der Waals surface area (Å²) >= 11 is 1.15. The molecule has 43 heavy (non-hydrogen) atoms. The Morgan fingerprint density at radius 3 is 2.56 bits per heavy atom. The van der Waals surface area contributed by atoms with Gasteiger partial charge in [0.15, 0.2) is 12.4 Å². The van der Waals surface area contributed by atoms with Crippen molar-refractivity contribution in [3.8, 4) is 5.75 Å². The Balaban J connectivity index is 1.44. The van der Waals surface area contributed by atoms with Crippen LogP contribution in [0.3, 0.4) is 0 Å². The molecular formula is C29H27F3N4O6S. The number of methoxy groups -OCH3 is 1. The summed E-state index contributed by atoms with van der Waals surface area (Å²) < 4.78 is 49.4. The number of amides is 2. The Labute approximate surface area is 247 Å². The molecule has 1 fully saturated rings. The van der Waals surface area contributed by atoms with Gasteiger partial charge in [0.25, 0.3) is 17.4 Å². The first-order valence-electron chi connectivity index (χ1n) is 13.4. The first-order chi connectivity index (χ1) is 20.5. The van der Waals surface area contributed by atoms with E-state index < -0.39 is 36.6 Å². The highest BCUT2D eigenvalue weighted by Crippen LogP contribution is 2.40. The van der Waals surface area contributed by atoms with Crippen molar-refractivity contribution in [3.63, 3.8) is 0 Å². The molecule has 2 amide bonds. The summed E-state index contributed by atoms with van der Waals surface area (Å²) in [6, 6.07) is 12.3. The number of alkyl halides is 3. The number of pyridine rings is 2. The molecule has 1 aromatic carbocycles. The minimum atomic E-state index is -5.20. The SMILES string of the molecule is CCN(C(=O)COC(=O)C(F)(F)F)C1CCN(C(=O)c2sc3c(c2OC)c(=O)n(Cc2ccccn2)c2ccccc32)C1. The van der Waals surface area contributed by atoms with Crippen molar-refractivity contribution in [2.45, 2.75) is 32.1 Å². The molecule has 0 aliphatic carbocycles. The molecule has 0 spiro atoms. The Hall–Kier alpha value is -4.46. The summed E-state index contributed by atoms with van der Waals surface area (Å²) in [5.41, 5.74) is 1.03. The predicted octanol–water partition coefficient (Wildman–Crippen LogP) is 3.84. The Morgan fingerprint density at radius 1 is 1.14 bits per heavy atom. The lowest BCUT2D eigenvalue weighted by Gasteiger charge is -2.27. The van der Waals surface area contributed by atoms with Gasteiger partial charge in [-0.15, -0.1) is 11.3 Å². The monoisotopic (exact) mass is 616 g/mol. The minimum absolute atomic E-state index is 0.105. The second kappa shape index (κ2) is 12.0. The van der Waals surface area contributed by atoms with E-state index in [2.05, 4.69) is 9.72 Å². The van der Waals surface area contributed by atoms with Crippen molar-refractivity contribution in [1.82, 2.24) is 19.4 Å². The van der Waals surface area contributed by atoms with E-state index in [4.69, 9.17) is 4.74 Å². The lowest BCUT2D eigenvalue weighted by Crippen LogP contribution is -2.45. The number of benzene rings is 1. The molecule has 0 N–H and O–H groups in total. The zero-order chi connectivity index (χ0) is 30.9. The highest BCUT2D eigenvalue weighted by molar-refractivity contribution is 7.22. The number of nitrogens with zero attached hydrogens (tertiary/aromatic N) is 4. The molecule has 14 heteroatoms. The van der Waals surface area contributed by atoms with Gasteiger partial charge < -0.3 is 23.8 Å². The Kier molecular flexibility index (Phi) is 8.40. The number of thiophene rings is 1. The van der Waals surface area contributed by atoms with Crippen molar-refractivity contribution >= 4 is 50.1 Å². The molecule has 3 aromatic heterocycles. The summed E-state index contributed by atoms with van der Waals surface area (Å²) in [6.07, 6.45) is -3.19. The van der Waals surface area contributed by atoms with Gasteiger partial charge in [-0.1, -0.05) is 24.3 Å². The highest BCUT2D eigenvalue weighted by atomic mass is 32.1. The second-order valence-corrected chi connectivity index (χ2v) is 10.9. The van der Waals surface area contributed by atoms with Crippen LogP contribution < -0.4 is 10.3 Å². The number of hydrogen-bond donors (Lipinski definition) is 0. The van der Waals surface area contributed by atoms with Crippen LogP contribution in [0.15, 0.2) is 53.5 Å². The maximum Gasteiger partial charge on any atom is 0.490 e. The van der Waals surface area contributed by atoms with Gasteiger partial charge in [-0.2, -0.15) is 13.2 Å². The maximum atomic E-state index is 13.9. The van der Waals surface area contributed by atoms with Crippen LogP contribution in [0, 0.1) is 0 Å². The number of carbonyl (C=O) groups is 3. The third-order valence-electron chi connectivity index (χ3n) is 7.32. The number of ether oxygens (including phenoxy) is 2. The van der Waals surface area contributed by atoms with Gasteiger partial charge in [-0.25, -0.2) is 4.79 Å². The highest BCUT2D eigenvalue weighted by Gasteiger charge is 2.42. The van der Waals surface area contributed by atoms with Crippen molar-refractivity contribution in [3.05, 3.63) is 69.6 Å². The van der Waals surface area contributed by atoms with Gasteiger partial charge >= 0.3 is 12.1 Å². The van der Waals surface area contributed by atoms with E-state index in [1.54, 1.807) is 23.8 Å². The summed E-state index contributed by atoms with van der Waals surface area (Å²) in [4.78, 5) is 58.7. The van der Waals surface area contributed by atoms with Crippen LogP contribution in [-0.2, 0) is 20.9 Å². The number of rotatable bonds is 8. The van der Waals surface area contributed by atoms with Crippen LogP contribution in [0.2, 0.25) is 0 Å². The van der Waals surface area contributed by atoms with Crippen LogP contribution in [-0.4, -0.2) is 82.7 Å². The second-order valence-electron chi connectivity index (χ2n) is 9.85. The van der Waals surface area contributed by atoms with Gasteiger partial charge in [-0.3, -0.25) is 19.4 Å². The zero-order valence-corrected chi connectivity index (χ0v) is 24.0.